The number of hydrogen-bond donors (Lipinski definition) is 0. The summed E-state index contributed by atoms with van der Waals surface area (Å²) in [4.78, 5) is 26.1. The first kappa shape index (κ1) is 14.9. The van der Waals surface area contributed by atoms with E-state index in [9.17, 15) is 9.59 Å². The van der Waals surface area contributed by atoms with Crippen LogP contribution in [0.15, 0.2) is 18.2 Å². The van der Waals surface area contributed by atoms with Gasteiger partial charge in [0.1, 0.15) is 6.04 Å². The zero-order valence-electron chi connectivity index (χ0n) is 11.7. The van der Waals surface area contributed by atoms with Gasteiger partial charge in [0.2, 0.25) is 0 Å². The Labute approximate surface area is 123 Å². The molecule has 1 aromatic carbocycles. The van der Waals surface area contributed by atoms with Crippen LogP contribution < -0.4 is 0 Å². The van der Waals surface area contributed by atoms with Crippen molar-refractivity contribution in [2.45, 2.75) is 32.2 Å². The van der Waals surface area contributed by atoms with Crippen molar-refractivity contribution in [1.82, 2.24) is 4.90 Å². The molecule has 1 heterocycles. The van der Waals surface area contributed by atoms with Gasteiger partial charge in [-0.1, -0.05) is 17.7 Å². The third-order valence-electron chi connectivity index (χ3n) is 3.67. The lowest BCUT2D eigenvalue weighted by molar-refractivity contribution is -0.147. The number of nitrogens with zero attached hydrogens (tertiary/aromatic N) is 1. The lowest BCUT2D eigenvalue weighted by atomic mass is 9.99. The number of ether oxygens (including phenoxy) is 1. The van der Waals surface area contributed by atoms with Gasteiger partial charge in [-0.2, -0.15) is 0 Å². The van der Waals surface area contributed by atoms with Gasteiger partial charge in [-0.05, 0) is 43.9 Å². The van der Waals surface area contributed by atoms with E-state index in [0.717, 1.165) is 18.4 Å². The van der Waals surface area contributed by atoms with Gasteiger partial charge in [-0.3, -0.25) is 4.79 Å². The first-order valence-corrected chi connectivity index (χ1v) is 7.07. The lowest BCUT2D eigenvalue weighted by Gasteiger charge is -2.34. The van der Waals surface area contributed by atoms with E-state index in [-0.39, 0.29) is 11.9 Å². The summed E-state index contributed by atoms with van der Waals surface area (Å²) in [6, 6.07) is 4.73. The fraction of sp³-hybridized carbons (Fsp3) is 0.467. The third-order valence-corrected chi connectivity index (χ3v) is 3.90. The van der Waals surface area contributed by atoms with Gasteiger partial charge in [-0.25, -0.2) is 4.79 Å². The van der Waals surface area contributed by atoms with Gasteiger partial charge in [-0.15, -0.1) is 0 Å². The highest BCUT2D eigenvalue weighted by molar-refractivity contribution is 6.31. The maximum atomic E-state index is 12.7. The molecule has 20 heavy (non-hydrogen) atoms. The molecule has 0 bridgehead atoms. The topological polar surface area (TPSA) is 46.6 Å². The van der Waals surface area contributed by atoms with Crippen molar-refractivity contribution in [3.8, 4) is 0 Å². The second kappa shape index (κ2) is 6.27. The summed E-state index contributed by atoms with van der Waals surface area (Å²) in [5, 5.41) is 0.519. The van der Waals surface area contributed by atoms with Crippen LogP contribution in [-0.2, 0) is 9.53 Å². The van der Waals surface area contributed by atoms with Crippen LogP contribution in [0.25, 0.3) is 0 Å². The number of hydrogen-bond acceptors (Lipinski definition) is 3. The van der Waals surface area contributed by atoms with E-state index >= 15 is 0 Å². The summed E-state index contributed by atoms with van der Waals surface area (Å²) >= 11 is 5.96. The van der Waals surface area contributed by atoms with Crippen LogP contribution in [0.3, 0.4) is 0 Å². The Morgan fingerprint density at radius 3 is 2.80 bits per heavy atom. The molecule has 1 unspecified atom stereocenters. The number of carbonyl (C=O) groups excluding carboxylic acids is 2. The Bertz CT molecular complexity index is 530. The Balaban J connectivity index is 2.30. The molecule has 0 aromatic heterocycles. The Kier molecular flexibility index (Phi) is 4.65. The number of piperidine rings is 1. The minimum atomic E-state index is -0.486. The number of benzene rings is 1. The number of halogens is 1. The summed E-state index contributed by atoms with van der Waals surface area (Å²) in [5.74, 6) is -0.502. The Morgan fingerprint density at radius 1 is 1.35 bits per heavy atom. The minimum Gasteiger partial charge on any atom is -0.467 e. The van der Waals surface area contributed by atoms with Crippen molar-refractivity contribution in [3.05, 3.63) is 34.3 Å². The molecule has 0 N–H and O–H groups in total. The molecule has 1 aliphatic heterocycles. The number of aryl methyl sites for hydroxylation is 1. The predicted molar refractivity (Wildman–Crippen MR) is 76.9 cm³/mol. The summed E-state index contributed by atoms with van der Waals surface area (Å²) < 4.78 is 4.80. The summed E-state index contributed by atoms with van der Waals surface area (Å²) in [5.41, 5.74) is 1.40. The van der Waals surface area contributed by atoms with Crippen LogP contribution in [0.5, 0.6) is 0 Å². The summed E-state index contributed by atoms with van der Waals surface area (Å²) in [7, 11) is 1.35. The summed E-state index contributed by atoms with van der Waals surface area (Å²) in [6.07, 6.45) is 2.48. The standard InChI is InChI=1S/C15H18ClNO3/c1-10-6-7-11(16)9-12(10)14(18)17-8-4-3-5-13(17)15(19)20-2/h6-7,9,13H,3-5,8H2,1-2H3. The van der Waals surface area contributed by atoms with Crippen molar-refractivity contribution in [3.63, 3.8) is 0 Å². The van der Waals surface area contributed by atoms with Crippen LogP contribution in [0.1, 0.15) is 35.2 Å². The highest BCUT2D eigenvalue weighted by atomic mass is 35.5. The number of carbonyl (C=O) groups is 2. The predicted octanol–water partition coefficient (Wildman–Crippen LogP) is 2.82. The molecular weight excluding hydrogens is 278 g/mol. The van der Waals surface area contributed by atoms with Crippen LogP contribution in [0, 0.1) is 6.92 Å². The zero-order chi connectivity index (χ0) is 14.7. The molecule has 1 aliphatic rings. The second-order valence-corrected chi connectivity index (χ2v) is 5.43. The molecular formula is C15H18ClNO3. The molecule has 1 fully saturated rings. The van der Waals surface area contributed by atoms with E-state index in [1.807, 2.05) is 13.0 Å². The number of amides is 1. The normalized spacial score (nSPS) is 18.8. The maximum Gasteiger partial charge on any atom is 0.328 e. The van der Waals surface area contributed by atoms with E-state index in [1.54, 1.807) is 17.0 Å². The summed E-state index contributed by atoms with van der Waals surface area (Å²) in [6.45, 7) is 2.44. The molecule has 0 spiro atoms. The molecule has 1 amide bonds. The smallest absolute Gasteiger partial charge is 0.328 e. The first-order chi connectivity index (χ1) is 9.54. The van der Waals surface area contributed by atoms with E-state index < -0.39 is 6.04 Å². The number of esters is 1. The highest BCUT2D eigenvalue weighted by Crippen LogP contribution is 2.23. The van der Waals surface area contributed by atoms with E-state index in [4.69, 9.17) is 16.3 Å². The zero-order valence-corrected chi connectivity index (χ0v) is 12.4. The molecule has 4 nitrogen and oxygen atoms in total. The molecule has 2 rings (SSSR count). The molecule has 1 saturated heterocycles. The van der Waals surface area contributed by atoms with Gasteiger partial charge < -0.3 is 9.64 Å². The SMILES string of the molecule is COC(=O)C1CCCCN1C(=O)c1cc(Cl)ccc1C. The van der Waals surface area contributed by atoms with Gasteiger partial charge in [0, 0.05) is 17.1 Å². The van der Waals surface area contributed by atoms with Gasteiger partial charge >= 0.3 is 5.97 Å². The number of rotatable bonds is 2. The molecule has 1 atom stereocenters. The third kappa shape index (κ3) is 2.96. The maximum absolute atomic E-state index is 12.7. The van der Waals surface area contributed by atoms with Crippen LogP contribution >= 0.6 is 11.6 Å². The molecule has 1 aromatic rings. The van der Waals surface area contributed by atoms with Crippen molar-refractivity contribution >= 4 is 23.5 Å². The molecule has 5 heteroatoms. The van der Waals surface area contributed by atoms with E-state index in [2.05, 4.69) is 0 Å². The average Bonchev–Trinajstić information content (AvgIpc) is 2.48. The fourth-order valence-electron chi connectivity index (χ4n) is 2.54. The Hall–Kier alpha value is -1.55. The molecule has 0 aliphatic carbocycles. The van der Waals surface area contributed by atoms with Crippen molar-refractivity contribution in [2.75, 3.05) is 13.7 Å². The molecule has 0 radical (unpaired) electrons. The largest absolute Gasteiger partial charge is 0.467 e. The minimum absolute atomic E-state index is 0.153. The Morgan fingerprint density at radius 2 is 2.10 bits per heavy atom. The molecule has 0 saturated carbocycles. The van der Waals surface area contributed by atoms with Crippen molar-refractivity contribution in [1.29, 1.82) is 0 Å². The monoisotopic (exact) mass is 295 g/mol. The lowest BCUT2D eigenvalue weighted by Crippen LogP contribution is -2.48. The van der Waals surface area contributed by atoms with Crippen molar-refractivity contribution < 1.29 is 14.3 Å². The van der Waals surface area contributed by atoms with Crippen LogP contribution in [0.4, 0.5) is 0 Å². The fourth-order valence-corrected chi connectivity index (χ4v) is 2.71. The first-order valence-electron chi connectivity index (χ1n) is 6.69. The van der Waals surface area contributed by atoms with Crippen LogP contribution in [-0.4, -0.2) is 36.5 Å². The van der Waals surface area contributed by atoms with E-state index in [0.29, 0.717) is 23.6 Å². The quantitative estimate of drug-likeness (QED) is 0.788. The number of likely N-dealkylation sites (tertiary alicyclic amines) is 1. The van der Waals surface area contributed by atoms with E-state index in [1.165, 1.54) is 7.11 Å². The molecule has 108 valence electrons. The number of methoxy groups -OCH3 is 1. The van der Waals surface area contributed by atoms with Gasteiger partial charge in [0.05, 0.1) is 7.11 Å². The van der Waals surface area contributed by atoms with Crippen molar-refractivity contribution in [2.24, 2.45) is 0 Å². The highest BCUT2D eigenvalue weighted by Gasteiger charge is 2.33. The van der Waals surface area contributed by atoms with Crippen LogP contribution in [0.2, 0.25) is 5.02 Å². The average molecular weight is 296 g/mol. The van der Waals surface area contributed by atoms with Gasteiger partial charge in [0.25, 0.3) is 5.91 Å². The second-order valence-electron chi connectivity index (χ2n) is 4.99. The van der Waals surface area contributed by atoms with Gasteiger partial charge in [0.15, 0.2) is 0 Å².